The number of carbonyl (C=O) groups is 1. The minimum Gasteiger partial charge on any atom is -0.295 e. The van der Waals surface area contributed by atoms with Crippen molar-refractivity contribution in [3.63, 3.8) is 0 Å². The molecule has 1 nitrogen and oxygen atoms in total. The fraction of sp³-hybridized carbons (Fsp3) is 0.450. The molecule has 21 heavy (non-hydrogen) atoms. The molecule has 0 heterocycles. The zero-order chi connectivity index (χ0) is 15.6. The molecule has 0 bridgehead atoms. The average molecular weight is 282 g/mol. The zero-order valence-electron chi connectivity index (χ0n) is 13.9. The summed E-state index contributed by atoms with van der Waals surface area (Å²) in [6.45, 7) is 10.8. The van der Waals surface area contributed by atoms with Crippen molar-refractivity contribution in [2.24, 2.45) is 5.41 Å². The standard InChI is InChI=1S/C20H26O/c1-6-19-14(2)18(11-12-20(19,4)5)13-16-7-9-17(10-8-16)15(3)21/h7-10,13H,6,11-12H2,1-5H3/b18-13+. The van der Waals surface area contributed by atoms with Crippen LogP contribution in [0.1, 0.15) is 69.8 Å². The molecule has 1 aliphatic carbocycles. The van der Waals surface area contributed by atoms with E-state index < -0.39 is 0 Å². The first kappa shape index (κ1) is 15.8. The predicted molar refractivity (Wildman–Crippen MR) is 90.4 cm³/mol. The van der Waals surface area contributed by atoms with E-state index in [9.17, 15) is 4.79 Å². The molecule has 0 unspecified atom stereocenters. The lowest BCUT2D eigenvalue weighted by molar-refractivity contribution is 0.101. The fourth-order valence-electron chi connectivity index (χ4n) is 3.43. The van der Waals surface area contributed by atoms with Crippen LogP contribution in [0, 0.1) is 5.41 Å². The minimum atomic E-state index is 0.123. The Balaban J connectivity index is 2.35. The van der Waals surface area contributed by atoms with Gasteiger partial charge in [0.05, 0.1) is 0 Å². The largest absolute Gasteiger partial charge is 0.295 e. The molecule has 0 radical (unpaired) electrons. The second-order valence-electron chi connectivity index (χ2n) is 6.69. The molecule has 0 aliphatic heterocycles. The third kappa shape index (κ3) is 3.34. The number of ketones is 1. The molecule has 1 aromatic carbocycles. The van der Waals surface area contributed by atoms with E-state index in [1.165, 1.54) is 23.1 Å². The van der Waals surface area contributed by atoms with Gasteiger partial charge in [0.15, 0.2) is 5.78 Å². The molecule has 0 spiro atoms. The Kier molecular flexibility index (Phi) is 4.51. The topological polar surface area (TPSA) is 17.1 Å². The summed E-state index contributed by atoms with van der Waals surface area (Å²) in [7, 11) is 0. The number of rotatable bonds is 3. The number of hydrogen-bond acceptors (Lipinski definition) is 1. The van der Waals surface area contributed by atoms with Crippen molar-refractivity contribution in [1.82, 2.24) is 0 Å². The van der Waals surface area contributed by atoms with Gasteiger partial charge in [0, 0.05) is 5.56 Å². The Bertz CT molecular complexity index is 597. The molecule has 1 aliphatic rings. The SMILES string of the molecule is CCC1=C(C)/C(=C/c2ccc(C(C)=O)cc2)CCC1(C)C. The van der Waals surface area contributed by atoms with Crippen molar-refractivity contribution in [2.45, 2.75) is 53.9 Å². The number of Topliss-reactive ketones (excluding diaryl/α,β-unsaturated/α-hetero) is 1. The zero-order valence-corrected chi connectivity index (χ0v) is 13.9. The summed E-state index contributed by atoms with van der Waals surface area (Å²) >= 11 is 0. The molecule has 112 valence electrons. The van der Waals surface area contributed by atoms with Gasteiger partial charge >= 0.3 is 0 Å². The maximum Gasteiger partial charge on any atom is 0.159 e. The summed E-state index contributed by atoms with van der Waals surface area (Å²) in [5.41, 5.74) is 6.79. The van der Waals surface area contributed by atoms with E-state index in [4.69, 9.17) is 0 Å². The van der Waals surface area contributed by atoms with Crippen molar-refractivity contribution < 1.29 is 4.79 Å². The van der Waals surface area contributed by atoms with Gasteiger partial charge in [0.1, 0.15) is 0 Å². The lowest BCUT2D eigenvalue weighted by Gasteiger charge is -2.35. The van der Waals surface area contributed by atoms with E-state index in [2.05, 4.69) is 33.8 Å². The lowest BCUT2D eigenvalue weighted by atomic mass is 9.70. The summed E-state index contributed by atoms with van der Waals surface area (Å²) in [5, 5.41) is 0. The van der Waals surface area contributed by atoms with Crippen molar-refractivity contribution in [1.29, 1.82) is 0 Å². The highest BCUT2D eigenvalue weighted by molar-refractivity contribution is 5.94. The van der Waals surface area contributed by atoms with E-state index in [1.54, 1.807) is 12.5 Å². The van der Waals surface area contributed by atoms with Gasteiger partial charge in [-0.25, -0.2) is 0 Å². The Morgan fingerprint density at radius 3 is 2.38 bits per heavy atom. The summed E-state index contributed by atoms with van der Waals surface area (Å²) in [5.74, 6) is 0.123. The van der Waals surface area contributed by atoms with E-state index >= 15 is 0 Å². The Labute approximate surface area is 128 Å². The Morgan fingerprint density at radius 1 is 1.24 bits per heavy atom. The smallest absolute Gasteiger partial charge is 0.159 e. The number of carbonyl (C=O) groups excluding carboxylic acids is 1. The first-order valence-corrected chi connectivity index (χ1v) is 7.87. The van der Waals surface area contributed by atoms with Crippen LogP contribution in [0.25, 0.3) is 6.08 Å². The van der Waals surface area contributed by atoms with E-state index in [1.807, 2.05) is 24.3 Å². The van der Waals surface area contributed by atoms with Gasteiger partial charge in [0.25, 0.3) is 0 Å². The van der Waals surface area contributed by atoms with Crippen molar-refractivity contribution in [2.75, 3.05) is 0 Å². The molecule has 0 aromatic heterocycles. The van der Waals surface area contributed by atoms with Gasteiger partial charge in [0.2, 0.25) is 0 Å². The molecule has 0 atom stereocenters. The van der Waals surface area contributed by atoms with Crippen molar-refractivity contribution in [3.8, 4) is 0 Å². The van der Waals surface area contributed by atoms with Gasteiger partial charge in [-0.15, -0.1) is 0 Å². The molecular formula is C20H26O. The maximum absolute atomic E-state index is 11.3. The highest BCUT2D eigenvalue weighted by Gasteiger charge is 2.29. The Hall–Kier alpha value is -1.63. The molecular weight excluding hydrogens is 256 g/mol. The molecule has 0 amide bonds. The van der Waals surface area contributed by atoms with E-state index in [0.717, 1.165) is 18.4 Å². The van der Waals surface area contributed by atoms with Gasteiger partial charge in [-0.1, -0.05) is 56.7 Å². The van der Waals surface area contributed by atoms with Crippen molar-refractivity contribution in [3.05, 3.63) is 52.1 Å². The highest BCUT2D eigenvalue weighted by atomic mass is 16.1. The average Bonchev–Trinajstić information content (AvgIpc) is 2.43. The van der Waals surface area contributed by atoms with E-state index in [-0.39, 0.29) is 5.78 Å². The van der Waals surface area contributed by atoms with Crippen LogP contribution in [-0.2, 0) is 0 Å². The monoisotopic (exact) mass is 282 g/mol. The highest BCUT2D eigenvalue weighted by Crippen LogP contribution is 2.44. The third-order valence-electron chi connectivity index (χ3n) is 4.78. The van der Waals surface area contributed by atoms with Gasteiger partial charge in [-0.3, -0.25) is 4.79 Å². The lowest BCUT2D eigenvalue weighted by Crippen LogP contribution is -2.21. The van der Waals surface area contributed by atoms with Crippen LogP contribution in [0.5, 0.6) is 0 Å². The van der Waals surface area contributed by atoms with Crippen LogP contribution in [0.4, 0.5) is 0 Å². The van der Waals surface area contributed by atoms with Crippen LogP contribution in [0.2, 0.25) is 0 Å². The second kappa shape index (κ2) is 6.01. The summed E-state index contributed by atoms with van der Waals surface area (Å²) < 4.78 is 0. The molecule has 1 aromatic rings. The number of allylic oxidation sites excluding steroid dienone is 3. The number of hydrogen-bond donors (Lipinski definition) is 0. The minimum absolute atomic E-state index is 0.123. The first-order valence-electron chi connectivity index (χ1n) is 7.87. The van der Waals surface area contributed by atoms with Crippen LogP contribution >= 0.6 is 0 Å². The van der Waals surface area contributed by atoms with Gasteiger partial charge in [-0.05, 0) is 55.2 Å². The fourth-order valence-corrected chi connectivity index (χ4v) is 3.43. The molecule has 1 heteroatoms. The first-order chi connectivity index (χ1) is 9.85. The summed E-state index contributed by atoms with van der Waals surface area (Å²) in [6, 6.07) is 7.92. The van der Waals surface area contributed by atoms with Gasteiger partial charge < -0.3 is 0 Å². The molecule has 0 fully saturated rings. The van der Waals surface area contributed by atoms with Gasteiger partial charge in [-0.2, -0.15) is 0 Å². The summed E-state index contributed by atoms with van der Waals surface area (Å²) in [4.78, 5) is 11.3. The molecule has 0 saturated heterocycles. The third-order valence-corrected chi connectivity index (χ3v) is 4.78. The van der Waals surface area contributed by atoms with E-state index in [0.29, 0.717) is 5.41 Å². The van der Waals surface area contributed by atoms with Crippen LogP contribution in [0.15, 0.2) is 41.0 Å². The predicted octanol–water partition coefficient (Wildman–Crippen LogP) is 5.82. The normalized spacial score (nSPS) is 20.0. The molecule has 0 saturated carbocycles. The second-order valence-corrected chi connectivity index (χ2v) is 6.69. The maximum atomic E-state index is 11.3. The number of benzene rings is 1. The van der Waals surface area contributed by atoms with Crippen molar-refractivity contribution >= 4 is 11.9 Å². The van der Waals surface area contributed by atoms with Crippen LogP contribution in [0.3, 0.4) is 0 Å². The molecule has 0 N–H and O–H groups in total. The van der Waals surface area contributed by atoms with Crippen LogP contribution < -0.4 is 0 Å². The van der Waals surface area contributed by atoms with Crippen LogP contribution in [-0.4, -0.2) is 5.78 Å². The Morgan fingerprint density at radius 2 is 1.86 bits per heavy atom. The summed E-state index contributed by atoms with van der Waals surface area (Å²) in [6.07, 6.45) is 5.76. The quantitative estimate of drug-likeness (QED) is 0.638. The molecule has 2 rings (SSSR count).